The molecule has 3 rings (SSSR count). The van der Waals surface area contributed by atoms with E-state index in [1.54, 1.807) is 0 Å². The molecule has 0 bridgehead atoms. The van der Waals surface area contributed by atoms with Gasteiger partial charge in [0.2, 0.25) is 0 Å². The average Bonchev–Trinajstić information content (AvgIpc) is 2.97. The summed E-state index contributed by atoms with van der Waals surface area (Å²) in [5, 5.41) is 18.9. The van der Waals surface area contributed by atoms with Crippen molar-refractivity contribution in [1.29, 1.82) is 0 Å². The van der Waals surface area contributed by atoms with Crippen LogP contribution in [0.15, 0.2) is 36.7 Å². The van der Waals surface area contributed by atoms with Gasteiger partial charge in [-0.1, -0.05) is 24.3 Å². The predicted molar refractivity (Wildman–Crippen MR) is 92.2 cm³/mol. The van der Waals surface area contributed by atoms with Gasteiger partial charge in [0.05, 0.1) is 11.7 Å². The molecule has 23 heavy (non-hydrogen) atoms. The molecule has 4 heteroatoms. The molecule has 0 aliphatic heterocycles. The van der Waals surface area contributed by atoms with Crippen LogP contribution in [0.4, 0.5) is 0 Å². The smallest absolute Gasteiger partial charge is 0.102 e. The van der Waals surface area contributed by atoms with Crippen molar-refractivity contribution in [2.45, 2.75) is 57.7 Å². The van der Waals surface area contributed by atoms with Crippen LogP contribution < -0.4 is 5.32 Å². The number of nitrogens with one attached hydrogen (secondary N) is 1. The fourth-order valence-electron chi connectivity index (χ4n) is 3.31. The Balaban J connectivity index is 1.64. The van der Waals surface area contributed by atoms with E-state index in [1.165, 1.54) is 5.56 Å². The summed E-state index contributed by atoms with van der Waals surface area (Å²) >= 11 is 0. The summed E-state index contributed by atoms with van der Waals surface area (Å²) in [4.78, 5) is 0. The van der Waals surface area contributed by atoms with Crippen molar-refractivity contribution in [3.8, 4) is 0 Å². The molecule has 2 aromatic rings. The topological polar surface area (TPSA) is 50.1 Å². The Hall–Kier alpha value is -1.65. The van der Waals surface area contributed by atoms with Gasteiger partial charge in [-0.25, -0.2) is 0 Å². The molecule has 2 N–H and O–H groups in total. The summed E-state index contributed by atoms with van der Waals surface area (Å²) < 4.78 is 1.98. The number of fused-ring (bicyclic) bond motifs is 1. The highest BCUT2D eigenvalue weighted by molar-refractivity contribution is 5.35. The number of aliphatic hydroxyl groups is 1. The molecule has 1 aromatic carbocycles. The van der Waals surface area contributed by atoms with Gasteiger partial charge in [-0.05, 0) is 51.2 Å². The molecule has 0 spiro atoms. The van der Waals surface area contributed by atoms with Crippen molar-refractivity contribution in [2.75, 3.05) is 6.54 Å². The number of hydrogen-bond donors (Lipinski definition) is 2. The first-order valence-corrected chi connectivity index (χ1v) is 8.44. The Morgan fingerprint density at radius 1 is 1.30 bits per heavy atom. The van der Waals surface area contributed by atoms with Gasteiger partial charge in [0.25, 0.3) is 0 Å². The van der Waals surface area contributed by atoms with Crippen LogP contribution >= 0.6 is 0 Å². The third-order valence-electron chi connectivity index (χ3n) is 4.63. The standard InChI is InChI=1S/C19H27N3O/c1-18(2,3)22-13-15(12-21-22)11-20-14-19(23)10-6-8-16-7-4-5-9-17(16)19/h4-5,7,9,12-13,20,23H,6,8,10-11,14H2,1-3H3. The quantitative estimate of drug-likeness (QED) is 0.912. The molecule has 1 unspecified atom stereocenters. The van der Waals surface area contributed by atoms with E-state index in [9.17, 15) is 5.11 Å². The Bertz CT molecular complexity index is 671. The SMILES string of the molecule is CC(C)(C)n1cc(CNCC2(O)CCCc3ccccc32)cn1. The molecule has 1 heterocycles. The monoisotopic (exact) mass is 313 g/mol. The highest BCUT2D eigenvalue weighted by Crippen LogP contribution is 2.34. The van der Waals surface area contributed by atoms with Gasteiger partial charge in [0, 0.05) is 24.8 Å². The third kappa shape index (κ3) is 3.48. The molecule has 124 valence electrons. The number of aryl methyl sites for hydroxylation is 1. The van der Waals surface area contributed by atoms with Crippen LogP contribution in [0.3, 0.4) is 0 Å². The van der Waals surface area contributed by atoms with Crippen LogP contribution in [0, 0.1) is 0 Å². The lowest BCUT2D eigenvalue weighted by Gasteiger charge is -2.34. The van der Waals surface area contributed by atoms with E-state index in [1.807, 2.05) is 16.9 Å². The van der Waals surface area contributed by atoms with Crippen molar-refractivity contribution < 1.29 is 5.11 Å². The fourth-order valence-corrected chi connectivity index (χ4v) is 3.31. The zero-order valence-electron chi connectivity index (χ0n) is 14.3. The minimum absolute atomic E-state index is 0.00123. The average molecular weight is 313 g/mol. The Morgan fingerprint density at radius 3 is 2.83 bits per heavy atom. The first-order valence-electron chi connectivity index (χ1n) is 8.44. The number of nitrogens with zero attached hydrogens (tertiary/aromatic N) is 2. The van der Waals surface area contributed by atoms with Gasteiger partial charge in [-0.3, -0.25) is 4.68 Å². The molecule has 0 saturated heterocycles. The van der Waals surface area contributed by atoms with Gasteiger partial charge >= 0.3 is 0 Å². The van der Waals surface area contributed by atoms with E-state index in [2.05, 4.69) is 55.6 Å². The maximum absolute atomic E-state index is 11.1. The second-order valence-corrected chi connectivity index (χ2v) is 7.61. The molecule has 1 aliphatic rings. The third-order valence-corrected chi connectivity index (χ3v) is 4.63. The summed E-state index contributed by atoms with van der Waals surface area (Å²) in [7, 11) is 0. The molecule has 4 nitrogen and oxygen atoms in total. The van der Waals surface area contributed by atoms with Gasteiger partial charge in [0.15, 0.2) is 0 Å². The van der Waals surface area contributed by atoms with Crippen molar-refractivity contribution in [3.63, 3.8) is 0 Å². The first-order chi connectivity index (χ1) is 10.9. The van der Waals surface area contributed by atoms with Crippen LogP contribution in [0.1, 0.15) is 50.3 Å². The summed E-state index contributed by atoms with van der Waals surface area (Å²) in [6.45, 7) is 7.71. The lowest BCUT2D eigenvalue weighted by molar-refractivity contribution is 0.0189. The van der Waals surface area contributed by atoms with E-state index in [0.29, 0.717) is 6.54 Å². The zero-order chi connectivity index (χ0) is 16.5. The zero-order valence-corrected chi connectivity index (χ0v) is 14.3. The highest BCUT2D eigenvalue weighted by Gasteiger charge is 2.33. The number of aromatic nitrogens is 2. The summed E-state index contributed by atoms with van der Waals surface area (Å²) in [5.74, 6) is 0. The normalized spacial score (nSPS) is 21.2. The lowest BCUT2D eigenvalue weighted by Crippen LogP contribution is -2.40. The summed E-state index contributed by atoms with van der Waals surface area (Å²) in [6, 6.07) is 8.27. The van der Waals surface area contributed by atoms with Crippen molar-refractivity contribution in [2.24, 2.45) is 0 Å². The predicted octanol–water partition coefficient (Wildman–Crippen LogP) is 2.95. The summed E-state index contributed by atoms with van der Waals surface area (Å²) in [6.07, 6.45) is 6.90. The van der Waals surface area contributed by atoms with E-state index in [-0.39, 0.29) is 5.54 Å². The van der Waals surface area contributed by atoms with Gasteiger partial charge in [-0.15, -0.1) is 0 Å². The van der Waals surface area contributed by atoms with E-state index >= 15 is 0 Å². The van der Waals surface area contributed by atoms with Gasteiger partial charge < -0.3 is 10.4 Å². The van der Waals surface area contributed by atoms with Crippen LogP contribution in [-0.2, 0) is 24.1 Å². The Morgan fingerprint density at radius 2 is 2.09 bits per heavy atom. The van der Waals surface area contributed by atoms with Crippen LogP contribution in [0.5, 0.6) is 0 Å². The largest absolute Gasteiger partial charge is 0.384 e. The minimum atomic E-state index is -0.755. The Kier molecular flexibility index (Phi) is 4.30. The number of hydrogen-bond acceptors (Lipinski definition) is 3. The van der Waals surface area contributed by atoms with Crippen molar-refractivity contribution in [1.82, 2.24) is 15.1 Å². The first kappa shape index (κ1) is 16.2. The Labute approximate surface area is 138 Å². The van der Waals surface area contributed by atoms with E-state index in [4.69, 9.17) is 0 Å². The molecule has 0 amide bonds. The molecular formula is C19H27N3O. The second-order valence-electron chi connectivity index (χ2n) is 7.61. The highest BCUT2D eigenvalue weighted by atomic mass is 16.3. The van der Waals surface area contributed by atoms with E-state index in [0.717, 1.165) is 36.9 Å². The molecular weight excluding hydrogens is 286 g/mol. The molecule has 1 aromatic heterocycles. The maximum atomic E-state index is 11.1. The maximum Gasteiger partial charge on any atom is 0.102 e. The molecule has 0 fully saturated rings. The summed E-state index contributed by atoms with van der Waals surface area (Å²) in [5.41, 5.74) is 2.76. The second kappa shape index (κ2) is 6.10. The fraction of sp³-hybridized carbons (Fsp3) is 0.526. The van der Waals surface area contributed by atoms with Gasteiger partial charge in [-0.2, -0.15) is 5.10 Å². The number of rotatable bonds is 4. The van der Waals surface area contributed by atoms with Crippen molar-refractivity contribution >= 4 is 0 Å². The van der Waals surface area contributed by atoms with Crippen LogP contribution in [0.25, 0.3) is 0 Å². The number of benzene rings is 1. The minimum Gasteiger partial charge on any atom is -0.384 e. The van der Waals surface area contributed by atoms with Gasteiger partial charge in [0.1, 0.15) is 5.60 Å². The van der Waals surface area contributed by atoms with E-state index < -0.39 is 5.60 Å². The molecule has 1 aliphatic carbocycles. The molecule has 0 saturated carbocycles. The molecule has 0 radical (unpaired) electrons. The van der Waals surface area contributed by atoms with Crippen LogP contribution in [0.2, 0.25) is 0 Å². The van der Waals surface area contributed by atoms with Crippen molar-refractivity contribution in [3.05, 3.63) is 53.3 Å². The lowest BCUT2D eigenvalue weighted by atomic mass is 9.79. The molecule has 1 atom stereocenters. The van der Waals surface area contributed by atoms with Crippen LogP contribution in [-0.4, -0.2) is 21.4 Å².